The van der Waals surface area contributed by atoms with E-state index in [0.717, 1.165) is 22.2 Å². The first-order valence-corrected chi connectivity index (χ1v) is 11.3. The van der Waals surface area contributed by atoms with Gasteiger partial charge in [0.25, 0.3) is 11.1 Å². The van der Waals surface area contributed by atoms with Crippen molar-refractivity contribution >= 4 is 29.0 Å². The molecule has 1 fully saturated rings. The first-order chi connectivity index (χ1) is 16.5. The number of amides is 2. The second-order valence-electron chi connectivity index (χ2n) is 7.32. The number of thioether (sulfide) groups is 1. The number of rotatable bonds is 9. The van der Waals surface area contributed by atoms with E-state index in [9.17, 15) is 14.0 Å². The van der Waals surface area contributed by atoms with Crippen LogP contribution < -0.4 is 14.2 Å². The van der Waals surface area contributed by atoms with Crippen molar-refractivity contribution in [3.8, 4) is 17.2 Å². The first-order valence-electron chi connectivity index (χ1n) is 10.5. The molecule has 2 amide bonds. The predicted molar refractivity (Wildman–Crippen MR) is 128 cm³/mol. The highest BCUT2D eigenvalue weighted by atomic mass is 32.2. The zero-order chi connectivity index (χ0) is 23.9. The van der Waals surface area contributed by atoms with E-state index in [-0.39, 0.29) is 30.1 Å². The molecule has 0 unspecified atom stereocenters. The minimum absolute atomic E-state index is 0.0922. The molecule has 1 aliphatic rings. The fraction of sp³-hybridized carbons (Fsp3) is 0.154. The molecule has 0 atom stereocenters. The maximum Gasteiger partial charge on any atom is 0.293 e. The lowest BCUT2D eigenvalue weighted by atomic mass is 10.1. The van der Waals surface area contributed by atoms with Gasteiger partial charge in [0.1, 0.15) is 24.8 Å². The number of carbonyl (C=O) groups excluding carboxylic acids is 2. The zero-order valence-corrected chi connectivity index (χ0v) is 19.2. The van der Waals surface area contributed by atoms with E-state index in [1.165, 1.54) is 24.3 Å². The van der Waals surface area contributed by atoms with Crippen molar-refractivity contribution in [1.82, 2.24) is 4.90 Å². The molecule has 0 spiro atoms. The molecule has 3 aromatic carbocycles. The Morgan fingerprint density at radius 3 is 2.44 bits per heavy atom. The second-order valence-corrected chi connectivity index (χ2v) is 8.31. The van der Waals surface area contributed by atoms with Gasteiger partial charge in [0.05, 0.1) is 18.6 Å². The van der Waals surface area contributed by atoms with Crippen LogP contribution in [0.1, 0.15) is 11.1 Å². The van der Waals surface area contributed by atoms with Gasteiger partial charge >= 0.3 is 0 Å². The van der Waals surface area contributed by atoms with Crippen LogP contribution in [0.2, 0.25) is 0 Å². The van der Waals surface area contributed by atoms with Gasteiger partial charge in [-0.05, 0) is 65.4 Å². The van der Waals surface area contributed by atoms with Crippen LogP contribution in [0, 0.1) is 5.82 Å². The van der Waals surface area contributed by atoms with Gasteiger partial charge in [-0.1, -0.05) is 36.4 Å². The maximum absolute atomic E-state index is 13.0. The van der Waals surface area contributed by atoms with Gasteiger partial charge in [-0.15, -0.1) is 0 Å². The SMILES string of the molecule is COc1cc(/C=C2\SC(=O)N(CCOc3ccc(F)cc3)C2=O)ccc1OCc1ccccc1. The van der Waals surface area contributed by atoms with Crippen molar-refractivity contribution in [2.45, 2.75) is 6.61 Å². The van der Waals surface area contributed by atoms with Gasteiger partial charge in [-0.2, -0.15) is 0 Å². The van der Waals surface area contributed by atoms with Crippen LogP contribution in [-0.2, 0) is 11.4 Å². The van der Waals surface area contributed by atoms with Crippen LogP contribution in [0.15, 0.2) is 77.7 Å². The highest BCUT2D eigenvalue weighted by Crippen LogP contribution is 2.34. The molecule has 0 N–H and O–H groups in total. The Morgan fingerprint density at radius 1 is 0.941 bits per heavy atom. The monoisotopic (exact) mass is 479 g/mol. The lowest BCUT2D eigenvalue weighted by Crippen LogP contribution is -2.32. The lowest BCUT2D eigenvalue weighted by Gasteiger charge is -2.13. The summed E-state index contributed by atoms with van der Waals surface area (Å²) in [4.78, 5) is 26.5. The summed E-state index contributed by atoms with van der Waals surface area (Å²) in [6.45, 7) is 0.600. The summed E-state index contributed by atoms with van der Waals surface area (Å²) >= 11 is 0.871. The molecule has 0 aromatic heterocycles. The summed E-state index contributed by atoms with van der Waals surface area (Å²) in [5.41, 5.74) is 1.74. The molecule has 1 heterocycles. The van der Waals surface area contributed by atoms with E-state index in [4.69, 9.17) is 14.2 Å². The topological polar surface area (TPSA) is 65.1 Å². The smallest absolute Gasteiger partial charge is 0.293 e. The number of carbonyl (C=O) groups is 2. The molecule has 34 heavy (non-hydrogen) atoms. The normalized spacial score (nSPS) is 14.5. The third kappa shape index (κ3) is 5.77. The van der Waals surface area contributed by atoms with Crippen molar-refractivity contribution in [2.24, 2.45) is 0 Å². The van der Waals surface area contributed by atoms with Crippen molar-refractivity contribution in [1.29, 1.82) is 0 Å². The molecular weight excluding hydrogens is 457 g/mol. The van der Waals surface area contributed by atoms with Crippen molar-refractivity contribution in [3.05, 3.63) is 94.6 Å². The van der Waals surface area contributed by atoms with Gasteiger partial charge < -0.3 is 14.2 Å². The lowest BCUT2D eigenvalue weighted by molar-refractivity contribution is -0.123. The average molecular weight is 480 g/mol. The number of hydrogen-bond acceptors (Lipinski definition) is 6. The molecule has 1 saturated heterocycles. The number of ether oxygens (including phenoxy) is 3. The zero-order valence-electron chi connectivity index (χ0n) is 18.4. The molecule has 1 aliphatic heterocycles. The summed E-state index contributed by atoms with van der Waals surface area (Å²) in [5, 5.41) is -0.367. The van der Waals surface area contributed by atoms with E-state index in [2.05, 4.69) is 0 Å². The maximum atomic E-state index is 13.0. The predicted octanol–water partition coefficient (Wildman–Crippen LogP) is 5.53. The largest absolute Gasteiger partial charge is 0.493 e. The summed E-state index contributed by atoms with van der Waals surface area (Å²) in [7, 11) is 1.55. The standard InChI is InChI=1S/C26H22FNO5S/c1-31-23-15-19(7-12-22(23)33-17-18-5-3-2-4-6-18)16-24-25(29)28(26(30)34-24)13-14-32-21-10-8-20(27)9-11-21/h2-12,15-16H,13-14,17H2,1H3/b24-16-. The summed E-state index contributed by atoms with van der Waals surface area (Å²) in [6.07, 6.45) is 1.65. The van der Waals surface area contributed by atoms with Crippen molar-refractivity contribution < 1.29 is 28.2 Å². The van der Waals surface area contributed by atoms with Gasteiger partial charge in [-0.3, -0.25) is 14.5 Å². The molecule has 6 nitrogen and oxygen atoms in total. The van der Waals surface area contributed by atoms with E-state index in [0.29, 0.717) is 34.3 Å². The number of imide groups is 1. The summed E-state index contributed by atoms with van der Waals surface area (Å²) < 4.78 is 29.8. The third-order valence-corrected chi connectivity index (χ3v) is 5.90. The molecule has 8 heteroatoms. The Morgan fingerprint density at radius 2 is 1.71 bits per heavy atom. The molecule has 3 aromatic rings. The average Bonchev–Trinajstić information content (AvgIpc) is 3.12. The summed E-state index contributed by atoms with van der Waals surface area (Å²) in [6, 6.07) is 20.7. The van der Waals surface area contributed by atoms with Gasteiger partial charge in [0.15, 0.2) is 11.5 Å². The Labute approximate surface area is 200 Å². The van der Waals surface area contributed by atoms with E-state index in [1.807, 2.05) is 30.3 Å². The van der Waals surface area contributed by atoms with Crippen molar-refractivity contribution in [3.63, 3.8) is 0 Å². The fourth-order valence-electron chi connectivity index (χ4n) is 3.26. The molecule has 0 aliphatic carbocycles. The van der Waals surface area contributed by atoms with Crippen LogP contribution in [-0.4, -0.2) is 36.3 Å². The van der Waals surface area contributed by atoms with Gasteiger partial charge in [0.2, 0.25) is 0 Å². The van der Waals surface area contributed by atoms with E-state index in [1.54, 1.807) is 31.4 Å². The number of nitrogens with zero attached hydrogens (tertiary/aromatic N) is 1. The minimum atomic E-state index is -0.388. The fourth-order valence-corrected chi connectivity index (χ4v) is 4.12. The second kappa shape index (κ2) is 10.9. The van der Waals surface area contributed by atoms with E-state index < -0.39 is 0 Å². The Hall–Kier alpha value is -3.78. The Bertz CT molecular complexity index is 1200. The molecule has 0 bridgehead atoms. The highest BCUT2D eigenvalue weighted by molar-refractivity contribution is 8.18. The van der Waals surface area contributed by atoms with Crippen LogP contribution >= 0.6 is 11.8 Å². The third-order valence-electron chi connectivity index (χ3n) is 4.99. The number of hydrogen-bond donors (Lipinski definition) is 0. The van der Waals surface area contributed by atoms with Crippen LogP contribution in [0.4, 0.5) is 9.18 Å². The van der Waals surface area contributed by atoms with Crippen LogP contribution in [0.5, 0.6) is 17.2 Å². The van der Waals surface area contributed by atoms with Gasteiger partial charge in [-0.25, -0.2) is 4.39 Å². The molecule has 4 rings (SSSR count). The summed E-state index contributed by atoms with van der Waals surface area (Å²) in [5.74, 6) is 0.814. The molecule has 0 saturated carbocycles. The number of methoxy groups -OCH3 is 1. The molecule has 174 valence electrons. The minimum Gasteiger partial charge on any atom is -0.493 e. The Kier molecular flexibility index (Phi) is 7.49. The Balaban J connectivity index is 1.39. The molecular formula is C26H22FNO5S. The number of benzene rings is 3. The van der Waals surface area contributed by atoms with Gasteiger partial charge in [0, 0.05) is 0 Å². The van der Waals surface area contributed by atoms with E-state index >= 15 is 0 Å². The van der Waals surface area contributed by atoms with Crippen LogP contribution in [0.25, 0.3) is 6.08 Å². The number of halogens is 1. The van der Waals surface area contributed by atoms with Crippen molar-refractivity contribution in [2.75, 3.05) is 20.3 Å². The molecule has 0 radical (unpaired) electrons. The quantitative estimate of drug-likeness (QED) is 0.376. The van der Waals surface area contributed by atoms with Crippen LogP contribution in [0.3, 0.4) is 0 Å². The first kappa shape index (κ1) is 23.4. The highest BCUT2D eigenvalue weighted by Gasteiger charge is 2.34.